The highest BCUT2D eigenvalue weighted by Gasteiger charge is 2.22. The first kappa shape index (κ1) is 16.3. The molecule has 0 amide bonds. The topological polar surface area (TPSA) is 92.2 Å². The Kier molecular flexibility index (Phi) is 4.68. The van der Waals surface area contributed by atoms with Gasteiger partial charge >= 0.3 is 0 Å². The first-order valence-electron chi connectivity index (χ1n) is 8.27. The van der Waals surface area contributed by atoms with Crippen molar-refractivity contribution in [2.75, 3.05) is 12.3 Å². The zero-order chi connectivity index (χ0) is 17.1. The van der Waals surface area contributed by atoms with Crippen LogP contribution in [0.2, 0.25) is 0 Å². The van der Waals surface area contributed by atoms with Crippen molar-refractivity contribution < 1.29 is 9.84 Å². The van der Waals surface area contributed by atoms with E-state index >= 15 is 0 Å². The Hall–Kier alpha value is -2.58. The maximum atomic E-state index is 9.65. The summed E-state index contributed by atoms with van der Waals surface area (Å²) in [7, 11) is 0. The van der Waals surface area contributed by atoms with Gasteiger partial charge in [-0.2, -0.15) is 5.26 Å². The molecule has 1 heterocycles. The fourth-order valence-corrected chi connectivity index (χ4v) is 3.35. The number of fused-ring (bicyclic) bond motifs is 1. The van der Waals surface area contributed by atoms with Gasteiger partial charge in [-0.1, -0.05) is 6.07 Å². The van der Waals surface area contributed by atoms with Crippen molar-refractivity contribution in [1.29, 1.82) is 5.26 Å². The summed E-state index contributed by atoms with van der Waals surface area (Å²) in [5.41, 5.74) is 11.0. The summed E-state index contributed by atoms with van der Waals surface area (Å²) in [4.78, 5) is 4.44. The van der Waals surface area contributed by atoms with Crippen molar-refractivity contribution >= 4 is 5.82 Å². The molecule has 0 saturated carbocycles. The lowest BCUT2D eigenvalue weighted by Gasteiger charge is -2.21. The van der Waals surface area contributed by atoms with Crippen molar-refractivity contribution in [1.82, 2.24) is 4.98 Å². The number of benzene rings is 1. The van der Waals surface area contributed by atoms with Crippen LogP contribution in [0.3, 0.4) is 0 Å². The van der Waals surface area contributed by atoms with Crippen LogP contribution in [0.25, 0.3) is 11.1 Å². The number of aryl methyl sites for hydroxylation is 1. The number of nitrogen functional groups attached to an aromatic ring is 1. The fourth-order valence-electron chi connectivity index (χ4n) is 3.35. The number of ether oxygens (including phenoxy) is 1. The monoisotopic (exact) mass is 323 g/mol. The number of pyridine rings is 1. The van der Waals surface area contributed by atoms with E-state index in [1.165, 1.54) is 0 Å². The van der Waals surface area contributed by atoms with E-state index in [1.807, 2.05) is 25.1 Å². The molecule has 5 heteroatoms. The molecule has 124 valence electrons. The number of hydrogen-bond donors (Lipinski definition) is 2. The third kappa shape index (κ3) is 2.81. The normalized spacial score (nSPS) is 13.2. The van der Waals surface area contributed by atoms with Gasteiger partial charge in [-0.05, 0) is 55.9 Å². The number of aliphatic hydroxyl groups is 1. The van der Waals surface area contributed by atoms with Gasteiger partial charge in [-0.25, -0.2) is 4.98 Å². The number of hydrogen-bond acceptors (Lipinski definition) is 5. The number of aromatic nitrogens is 1. The third-order valence-corrected chi connectivity index (χ3v) is 4.43. The number of aliphatic hydroxyl groups excluding tert-OH is 1. The number of nitriles is 1. The molecule has 0 atom stereocenters. The molecule has 0 aliphatic heterocycles. The first-order chi connectivity index (χ1) is 11.7. The minimum atomic E-state index is -0.117. The molecule has 0 fully saturated rings. The van der Waals surface area contributed by atoms with E-state index < -0.39 is 0 Å². The van der Waals surface area contributed by atoms with Gasteiger partial charge in [0.15, 0.2) is 0 Å². The van der Waals surface area contributed by atoms with Crippen LogP contribution >= 0.6 is 0 Å². The molecule has 1 aromatic heterocycles. The van der Waals surface area contributed by atoms with Crippen LogP contribution in [0.4, 0.5) is 5.82 Å². The van der Waals surface area contributed by atoms with Crippen LogP contribution in [-0.2, 0) is 19.4 Å². The zero-order valence-electron chi connectivity index (χ0n) is 13.8. The molecular formula is C19H21N3O2. The van der Waals surface area contributed by atoms with Gasteiger partial charge in [-0.3, -0.25) is 0 Å². The van der Waals surface area contributed by atoms with Crippen molar-refractivity contribution in [3.63, 3.8) is 0 Å². The second-order valence-electron chi connectivity index (χ2n) is 5.90. The summed E-state index contributed by atoms with van der Waals surface area (Å²) < 4.78 is 5.55. The maximum Gasteiger partial charge on any atom is 0.142 e. The summed E-state index contributed by atoms with van der Waals surface area (Å²) in [5, 5.41) is 19.2. The Labute approximate surface area is 141 Å². The standard InChI is InChI=1S/C19H21N3O2/c1-2-24-17-8-7-12(9-13(17)11-23)18-14-5-3-4-6-16(14)22-19(21)15(18)10-20/h7-9,23H,2-6,11H2,1H3,(H2,21,22). The van der Waals surface area contributed by atoms with Crippen molar-refractivity contribution in [2.24, 2.45) is 0 Å². The van der Waals surface area contributed by atoms with Gasteiger partial charge < -0.3 is 15.6 Å². The summed E-state index contributed by atoms with van der Waals surface area (Å²) in [6, 6.07) is 7.86. The Morgan fingerprint density at radius 1 is 1.33 bits per heavy atom. The predicted octanol–water partition coefficient (Wildman–Crippen LogP) is 2.97. The average molecular weight is 323 g/mol. The highest BCUT2D eigenvalue weighted by atomic mass is 16.5. The average Bonchev–Trinajstić information content (AvgIpc) is 2.61. The van der Waals surface area contributed by atoms with Crippen molar-refractivity contribution in [3.8, 4) is 22.9 Å². The lowest BCUT2D eigenvalue weighted by atomic mass is 9.86. The summed E-state index contributed by atoms with van der Waals surface area (Å²) in [5.74, 6) is 0.950. The number of nitrogens with two attached hydrogens (primary N) is 1. The van der Waals surface area contributed by atoms with Crippen LogP contribution in [0.15, 0.2) is 18.2 Å². The Balaban J connectivity index is 2.22. The largest absolute Gasteiger partial charge is 0.494 e. The van der Waals surface area contributed by atoms with E-state index in [2.05, 4.69) is 11.1 Å². The quantitative estimate of drug-likeness (QED) is 0.902. The molecule has 0 unspecified atom stereocenters. The number of rotatable bonds is 4. The van der Waals surface area contributed by atoms with E-state index in [0.717, 1.165) is 48.1 Å². The molecule has 5 nitrogen and oxygen atoms in total. The summed E-state index contributed by atoms with van der Waals surface area (Å²) in [6.45, 7) is 2.32. The van der Waals surface area contributed by atoms with Crippen LogP contribution < -0.4 is 10.5 Å². The molecule has 0 bridgehead atoms. The molecule has 1 aliphatic carbocycles. The molecule has 3 rings (SSSR count). The second kappa shape index (κ2) is 6.90. The van der Waals surface area contributed by atoms with E-state index in [-0.39, 0.29) is 12.4 Å². The van der Waals surface area contributed by atoms with Gasteiger partial charge in [0, 0.05) is 16.8 Å². The predicted molar refractivity (Wildman–Crippen MR) is 92.5 cm³/mol. The van der Waals surface area contributed by atoms with Crippen LogP contribution in [0, 0.1) is 11.3 Å². The highest BCUT2D eigenvalue weighted by Crippen LogP contribution is 2.37. The maximum absolute atomic E-state index is 9.65. The van der Waals surface area contributed by atoms with Crippen molar-refractivity contribution in [3.05, 3.63) is 40.6 Å². The van der Waals surface area contributed by atoms with Crippen LogP contribution in [-0.4, -0.2) is 16.7 Å². The second-order valence-corrected chi connectivity index (χ2v) is 5.90. The van der Waals surface area contributed by atoms with Crippen LogP contribution in [0.1, 0.15) is 42.1 Å². The molecular weight excluding hydrogens is 302 g/mol. The zero-order valence-corrected chi connectivity index (χ0v) is 13.8. The molecule has 0 radical (unpaired) electrons. The van der Waals surface area contributed by atoms with Crippen LogP contribution in [0.5, 0.6) is 5.75 Å². The number of nitrogens with zero attached hydrogens (tertiary/aromatic N) is 2. The van der Waals surface area contributed by atoms with Gasteiger partial charge in [0.05, 0.1) is 13.2 Å². The molecule has 1 aromatic carbocycles. The van der Waals surface area contributed by atoms with Gasteiger partial charge in [-0.15, -0.1) is 0 Å². The van der Waals surface area contributed by atoms with E-state index in [4.69, 9.17) is 10.5 Å². The number of anilines is 1. The van der Waals surface area contributed by atoms with Crippen molar-refractivity contribution in [2.45, 2.75) is 39.2 Å². The molecule has 0 spiro atoms. The van der Waals surface area contributed by atoms with Gasteiger partial charge in [0.2, 0.25) is 0 Å². The molecule has 3 N–H and O–H groups in total. The molecule has 2 aromatic rings. The highest BCUT2D eigenvalue weighted by molar-refractivity contribution is 5.80. The van der Waals surface area contributed by atoms with E-state index in [1.54, 1.807) is 0 Å². The SMILES string of the molecule is CCOc1ccc(-c2c(C#N)c(N)nc3c2CCCC3)cc1CO. The fraction of sp³-hybridized carbons (Fsp3) is 0.368. The smallest absolute Gasteiger partial charge is 0.142 e. The Bertz CT molecular complexity index is 809. The summed E-state index contributed by atoms with van der Waals surface area (Å²) >= 11 is 0. The van der Waals surface area contributed by atoms with E-state index in [0.29, 0.717) is 23.5 Å². The first-order valence-corrected chi connectivity index (χ1v) is 8.27. The molecule has 1 aliphatic rings. The summed E-state index contributed by atoms with van der Waals surface area (Å²) in [6.07, 6.45) is 3.97. The third-order valence-electron chi connectivity index (χ3n) is 4.43. The van der Waals surface area contributed by atoms with E-state index in [9.17, 15) is 10.4 Å². The lowest BCUT2D eigenvalue weighted by Crippen LogP contribution is -2.12. The van der Waals surface area contributed by atoms with Gasteiger partial charge in [0.1, 0.15) is 23.2 Å². The Morgan fingerprint density at radius 2 is 2.12 bits per heavy atom. The molecule has 24 heavy (non-hydrogen) atoms. The Morgan fingerprint density at radius 3 is 2.83 bits per heavy atom. The van der Waals surface area contributed by atoms with Gasteiger partial charge in [0.25, 0.3) is 0 Å². The minimum absolute atomic E-state index is 0.117. The lowest BCUT2D eigenvalue weighted by molar-refractivity contribution is 0.267. The minimum Gasteiger partial charge on any atom is -0.494 e. The molecule has 0 saturated heterocycles.